The van der Waals surface area contributed by atoms with E-state index >= 15 is 0 Å². The number of aromatic nitrogens is 6. The molecule has 4 rings (SSSR count). The van der Waals surface area contributed by atoms with Gasteiger partial charge in [0.05, 0.1) is 16.8 Å². The number of fused-ring (bicyclic) bond motifs is 1. The summed E-state index contributed by atoms with van der Waals surface area (Å²) in [4.78, 5) is 17.3. The van der Waals surface area contributed by atoms with Crippen molar-refractivity contribution in [2.45, 2.75) is 19.4 Å². The lowest BCUT2D eigenvalue weighted by Gasteiger charge is -2.16. The Morgan fingerprint density at radius 2 is 2.00 bits per heavy atom. The van der Waals surface area contributed by atoms with Gasteiger partial charge in [-0.25, -0.2) is 9.67 Å². The number of para-hydroxylation sites is 1. The van der Waals surface area contributed by atoms with Crippen LogP contribution in [0.15, 0.2) is 48.7 Å². The van der Waals surface area contributed by atoms with Gasteiger partial charge in [0.1, 0.15) is 5.82 Å². The summed E-state index contributed by atoms with van der Waals surface area (Å²) in [7, 11) is 0. The molecule has 8 nitrogen and oxygen atoms in total. The summed E-state index contributed by atoms with van der Waals surface area (Å²) in [6, 6.07) is 12.7. The number of hydrogen-bond acceptors (Lipinski definition) is 6. The number of thioether (sulfide) groups is 1. The van der Waals surface area contributed by atoms with Crippen molar-refractivity contribution in [3.63, 3.8) is 0 Å². The van der Waals surface area contributed by atoms with E-state index in [1.54, 1.807) is 29.4 Å². The monoisotopic (exact) mass is 441 g/mol. The molecular weight excluding hydrogens is 422 g/mol. The molecule has 4 aromatic rings. The molecule has 0 spiro atoms. The Bertz CT molecular complexity index is 1190. The maximum absolute atomic E-state index is 13.0. The van der Waals surface area contributed by atoms with Crippen LogP contribution in [0.25, 0.3) is 11.3 Å². The first-order valence-corrected chi connectivity index (χ1v) is 11.1. The molecule has 0 aliphatic heterocycles. The van der Waals surface area contributed by atoms with Crippen molar-refractivity contribution in [2.75, 3.05) is 12.0 Å². The number of amides is 1. The zero-order valence-electron chi connectivity index (χ0n) is 16.5. The molecule has 154 valence electrons. The number of pyridine rings is 1. The molecule has 0 saturated heterocycles. The zero-order chi connectivity index (χ0) is 21.1. The highest BCUT2D eigenvalue weighted by Crippen LogP contribution is 2.21. The third-order valence-electron chi connectivity index (χ3n) is 4.62. The molecule has 30 heavy (non-hydrogen) atoms. The summed E-state index contributed by atoms with van der Waals surface area (Å²) in [6.45, 7) is 1.78. The SMILES string of the molecule is CSCCC(NC(=O)c1nc(C)n(-c2ccccc2Cl)n1)c1nnc2ccccn12. The molecule has 1 aromatic carbocycles. The van der Waals surface area contributed by atoms with E-state index in [1.807, 2.05) is 53.3 Å². The molecule has 3 heterocycles. The van der Waals surface area contributed by atoms with Gasteiger partial charge in [0, 0.05) is 6.20 Å². The van der Waals surface area contributed by atoms with Crippen LogP contribution < -0.4 is 5.32 Å². The van der Waals surface area contributed by atoms with Crippen LogP contribution in [0.3, 0.4) is 0 Å². The summed E-state index contributed by atoms with van der Waals surface area (Å²) in [5, 5.41) is 16.4. The highest BCUT2D eigenvalue weighted by molar-refractivity contribution is 7.98. The average Bonchev–Trinajstić information content (AvgIpc) is 3.35. The number of halogens is 1. The molecule has 1 amide bonds. The van der Waals surface area contributed by atoms with E-state index in [1.165, 1.54) is 0 Å². The standard InChI is InChI=1S/C20H20ClN7OS/c1-13-22-18(26-28(13)16-8-4-3-7-14(16)21)20(29)23-15(10-12-30-2)19-25-24-17-9-5-6-11-27(17)19/h3-9,11,15H,10,12H2,1-2H3,(H,23,29). The lowest BCUT2D eigenvalue weighted by atomic mass is 10.2. The van der Waals surface area contributed by atoms with Crippen LogP contribution in [-0.2, 0) is 0 Å². The third kappa shape index (κ3) is 4.03. The van der Waals surface area contributed by atoms with Crippen molar-refractivity contribution in [1.82, 2.24) is 34.7 Å². The molecule has 0 fully saturated rings. The molecule has 3 aromatic heterocycles. The first-order valence-electron chi connectivity index (χ1n) is 9.36. The molecule has 0 aliphatic carbocycles. The molecule has 1 atom stereocenters. The van der Waals surface area contributed by atoms with Gasteiger partial charge in [-0.3, -0.25) is 9.20 Å². The maximum atomic E-state index is 13.0. The van der Waals surface area contributed by atoms with E-state index < -0.39 is 0 Å². The van der Waals surface area contributed by atoms with Gasteiger partial charge in [-0.15, -0.1) is 15.3 Å². The Hall–Kier alpha value is -2.91. The Labute approximate surface area is 182 Å². The first kappa shape index (κ1) is 20.4. The van der Waals surface area contributed by atoms with E-state index in [-0.39, 0.29) is 17.8 Å². The van der Waals surface area contributed by atoms with Crippen LogP contribution in [0, 0.1) is 6.92 Å². The Kier molecular flexibility index (Phi) is 6.01. The second-order valence-corrected chi connectivity index (χ2v) is 8.03. The van der Waals surface area contributed by atoms with Gasteiger partial charge in [0.25, 0.3) is 5.91 Å². The van der Waals surface area contributed by atoms with E-state index in [0.717, 1.165) is 11.4 Å². The smallest absolute Gasteiger partial charge is 0.291 e. The van der Waals surface area contributed by atoms with Crippen molar-refractivity contribution >= 4 is 34.9 Å². The fraction of sp³-hybridized carbons (Fsp3) is 0.250. The van der Waals surface area contributed by atoms with Crippen molar-refractivity contribution in [3.05, 3.63) is 71.2 Å². The minimum Gasteiger partial charge on any atom is -0.339 e. The van der Waals surface area contributed by atoms with E-state index in [9.17, 15) is 4.79 Å². The van der Waals surface area contributed by atoms with Crippen LogP contribution in [0.4, 0.5) is 0 Å². The summed E-state index contributed by atoms with van der Waals surface area (Å²) >= 11 is 7.98. The fourth-order valence-corrected chi connectivity index (χ4v) is 3.85. The highest BCUT2D eigenvalue weighted by atomic mass is 35.5. The lowest BCUT2D eigenvalue weighted by molar-refractivity contribution is 0.0923. The number of nitrogens with zero attached hydrogens (tertiary/aromatic N) is 6. The number of benzene rings is 1. The minimum absolute atomic E-state index is 0.0791. The van der Waals surface area contributed by atoms with Crippen molar-refractivity contribution in [2.24, 2.45) is 0 Å². The van der Waals surface area contributed by atoms with Crippen molar-refractivity contribution < 1.29 is 4.79 Å². The van der Waals surface area contributed by atoms with E-state index in [2.05, 4.69) is 25.6 Å². The highest BCUT2D eigenvalue weighted by Gasteiger charge is 2.24. The Balaban J connectivity index is 1.62. The second-order valence-electron chi connectivity index (χ2n) is 6.64. The van der Waals surface area contributed by atoms with Crippen molar-refractivity contribution in [3.8, 4) is 5.69 Å². The van der Waals surface area contributed by atoms with E-state index in [0.29, 0.717) is 28.8 Å². The maximum Gasteiger partial charge on any atom is 0.291 e. The van der Waals surface area contributed by atoms with Crippen LogP contribution >= 0.6 is 23.4 Å². The summed E-state index contributed by atoms with van der Waals surface area (Å²) < 4.78 is 3.45. The molecule has 0 radical (unpaired) electrons. The molecule has 1 N–H and O–H groups in total. The number of hydrogen-bond donors (Lipinski definition) is 1. The lowest BCUT2D eigenvalue weighted by Crippen LogP contribution is -2.31. The van der Waals surface area contributed by atoms with E-state index in [4.69, 9.17) is 11.6 Å². The zero-order valence-corrected chi connectivity index (χ0v) is 18.1. The van der Waals surface area contributed by atoms with Gasteiger partial charge >= 0.3 is 0 Å². The largest absolute Gasteiger partial charge is 0.339 e. The summed E-state index contributed by atoms with van der Waals surface area (Å²) in [6.07, 6.45) is 4.61. The van der Waals surface area contributed by atoms with Gasteiger partial charge in [-0.05, 0) is 49.6 Å². The molecule has 10 heteroatoms. The van der Waals surface area contributed by atoms with Crippen LogP contribution in [0.5, 0.6) is 0 Å². The number of aryl methyl sites for hydroxylation is 1. The molecule has 0 aliphatic rings. The van der Waals surface area contributed by atoms with Gasteiger partial charge in [0.15, 0.2) is 11.5 Å². The third-order valence-corrected chi connectivity index (χ3v) is 5.58. The van der Waals surface area contributed by atoms with Gasteiger partial charge in [0.2, 0.25) is 5.82 Å². The fourth-order valence-electron chi connectivity index (χ4n) is 3.16. The number of rotatable bonds is 7. The van der Waals surface area contributed by atoms with Gasteiger partial charge < -0.3 is 5.32 Å². The Morgan fingerprint density at radius 1 is 1.20 bits per heavy atom. The topological polar surface area (TPSA) is 90.0 Å². The number of nitrogens with one attached hydrogen (secondary N) is 1. The minimum atomic E-state index is -0.373. The molecular formula is C20H20ClN7OS. The Morgan fingerprint density at radius 3 is 2.80 bits per heavy atom. The summed E-state index contributed by atoms with van der Waals surface area (Å²) in [5.41, 5.74) is 1.40. The number of carbonyl (C=O) groups is 1. The quantitative estimate of drug-likeness (QED) is 0.472. The summed E-state index contributed by atoms with van der Waals surface area (Å²) in [5.74, 6) is 1.81. The molecule has 1 unspecified atom stereocenters. The van der Waals surface area contributed by atoms with Crippen LogP contribution in [-0.4, -0.2) is 47.3 Å². The second kappa shape index (κ2) is 8.85. The van der Waals surface area contributed by atoms with Crippen molar-refractivity contribution in [1.29, 1.82) is 0 Å². The normalized spacial score (nSPS) is 12.2. The molecule has 0 bridgehead atoms. The van der Waals surface area contributed by atoms with Crippen LogP contribution in [0.1, 0.15) is 34.7 Å². The molecule has 0 saturated carbocycles. The average molecular weight is 442 g/mol. The number of carbonyl (C=O) groups excluding carboxylic acids is 1. The van der Waals surface area contributed by atoms with Crippen LogP contribution in [0.2, 0.25) is 5.02 Å². The predicted octanol–water partition coefficient (Wildman–Crippen LogP) is 3.50. The first-order chi connectivity index (χ1) is 14.6. The van der Waals surface area contributed by atoms with Gasteiger partial charge in [-0.2, -0.15) is 11.8 Å². The van der Waals surface area contributed by atoms with Gasteiger partial charge in [-0.1, -0.05) is 29.8 Å². The predicted molar refractivity (Wildman–Crippen MR) is 117 cm³/mol.